The molecule has 0 aromatic carbocycles. The van der Waals surface area contributed by atoms with Crippen LogP contribution in [0.3, 0.4) is 0 Å². The van der Waals surface area contributed by atoms with E-state index in [2.05, 4.69) is 6.58 Å². The van der Waals surface area contributed by atoms with E-state index in [1.165, 1.54) is 0 Å². The predicted molar refractivity (Wildman–Crippen MR) is 49.5 cm³/mol. The van der Waals surface area contributed by atoms with E-state index in [-0.39, 0.29) is 0 Å². The van der Waals surface area contributed by atoms with Crippen molar-refractivity contribution in [2.24, 2.45) is 0 Å². The standard InChI is InChI=1S/C7H8N2O5S/c1-2-3-15(13,14)4-5(10)8-7(12)9-6(4)11/h2,4H,1,3H2,(H2,8,9,10,11,12). The van der Waals surface area contributed by atoms with Gasteiger partial charge in [0.2, 0.25) is 5.25 Å². The zero-order valence-corrected chi connectivity index (χ0v) is 8.33. The second-order valence-electron chi connectivity index (χ2n) is 2.81. The smallest absolute Gasteiger partial charge is 0.276 e. The van der Waals surface area contributed by atoms with Gasteiger partial charge in [-0.15, -0.1) is 6.58 Å². The molecule has 8 heteroatoms. The number of hydrogen-bond acceptors (Lipinski definition) is 5. The van der Waals surface area contributed by atoms with E-state index in [0.29, 0.717) is 0 Å². The van der Waals surface area contributed by atoms with Gasteiger partial charge < -0.3 is 0 Å². The number of imide groups is 2. The molecule has 1 rings (SSSR count). The quantitative estimate of drug-likeness (QED) is 0.446. The average Bonchev–Trinajstić information content (AvgIpc) is 1.99. The van der Waals surface area contributed by atoms with Crippen LogP contribution in [0.15, 0.2) is 12.7 Å². The topological polar surface area (TPSA) is 109 Å². The maximum Gasteiger partial charge on any atom is 0.328 e. The minimum Gasteiger partial charge on any atom is -0.276 e. The third-order valence-electron chi connectivity index (χ3n) is 1.66. The van der Waals surface area contributed by atoms with Crippen LogP contribution in [0, 0.1) is 0 Å². The van der Waals surface area contributed by atoms with Gasteiger partial charge in [-0.2, -0.15) is 0 Å². The molecule has 1 fully saturated rings. The molecule has 0 bridgehead atoms. The number of carbonyl (C=O) groups is 3. The molecule has 0 aliphatic carbocycles. The van der Waals surface area contributed by atoms with Crippen LogP contribution in [0.4, 0.5) is 4.79 Å². The minimum absolute atomic E-state index is 0.507. The summed E-state index contributed by atoms with van der Waals surface area (Å²) < 4.78 is 22.8. The van der Waals surface area contributed by atoms with Crippen LogP contribution >= 0.6 is 0 Å². The van der Waals surface area contributed by atoms with E-state index in [4.69, 9.17) is 0 Å². The number of hydrogen-bond donors (Lipinski definition) is 2. The molecule has 15 heavy (non-hydrogen) atoms. The molecule has 1 heterocycles. The van der Waals surface area contributed by atoms with E-state index in [0.717, 1.165) is 6.08 Å². The highest BCUT2D eigenvalue weighted by Crippen LogP contribution is 2.06. The van der Waals surface area contributed by atoms with Crippen molar-refractivity contribution in [1.29, 1.82) is 0 Å². The van der Waals surface area contributed by atoms with E-state index >= 15 is 0 Å². The van der Waals surface area contributed by atoms with Crippen molar-refractivity contribution in [3.8, 4) is 0 Å². The van der Waals surface area contributed by atoms with Crippen molar-refractivity contribution in [3.63, 3.8) is 0 Å². The van der Waals surface area contributed by atoms with Crippen molar-refractivity contribution in [2.45, 2.75) is 5.25 Å². The lowest BCUT2D eigenvalue weighted by molar-refractivity contribution is -0.129. The molecule has 1 saturated heterocycles. The summed E-state index contributed by atoms with van der Waals surface area (Å²) in [6, 6.07) is -1.02. The second-order valence-corrected chi connectivity index (χ2v) is 4.94. The Morgan fingerprint density at radius 1 is 1.20 bits per heavy atom. The summed E-state index contributed by atoms with van der Waals surface area (Å²) in [6.07, 6.45) is 1.06. The van der Waals surface area contributed by atoms with Gasteiger partial charge in [0.05, 0.1) is 5.75 Å². The zero-order valence-electron chi connectivity index (χ0n) is 7.52. The Morgan fingerprint density at radius 3 is 2.07 bits per heavy atom. The lowest BCUT2D eigenvalue weighted by atomic mass is 10.3. The number of sulfone groups is 1. The molecule has 0 atom stereocenters. The van der Waals surface area contributed by atoms with Crippen molar-refractivity contribution in [1.82, 2.24) is 10.6 Å². The molecule has 0 unspecified atom stereocenters. The molecular formula is C7H8N2O5S. The van der Waals surface area contributed by atoms with Crippen LogP contribution < -0.4 is 10.6 Å². The van der Waals surface area contributed by atoms with Crippen LogP contribution in [0.5, 0.6) is 0 Å². The van der Waals surface area contributed by atoms with Gasteiger partial charge in [0.15, 0.2) is 9.84 Å². The Hall–Kier alpha value is -1.70. The molecule has 2 N–H and O–H groups in total. The number of urea groups is 1. The highest BCUT2D eigenvalue weighted by atomic mass is 32.2. The number of amides is 4. The Labute approximate surface area is 85.4 Å². The van der Waals surface area contributed by atoms with E-state index in [9.17, 15) is 22.8 Å². The highest BCUT2D eigenvalue weighted by Gasteiger charge is 2.43. The van der Waals surface area contributed by atoms with Gasteiger partial charge in [-0.25, -0.2) is 13.2 Å². The van der Waals surface area contributed by atoms with E-state index < -0.39 is 38.7 Å². The van der Waals surface area contributed by atoms with E-state index in [1.54, 1.807) is 10.6 Å². The molecule has 82 valence electrons. The van der Waals surface area contributed by atoms with Gasteiger partial charge in [-0.1, -0.05) is 6.08 Å². The maximum absolute atomic E-state index is 11.4. The fourth-order valence-corrected chi connectivity index (χ4v) is 2.38. The Kier molecular flexibility index (Phi) is 2.89. The Bertz CT molecular complexity index is 418. The Balaban J connectivity index is 3.04. The second kappa shape index (κ2) is 3.81. The van der Waals surface area contributed by atoms with Crippen LogP contribution in [-0.4, -0.2) is 37.3 Å². The summed E-state index contributed by atoms with van der Waals surface area (Å²) >= 11 is 0. The minimum atomic E-state index is -3.95. The maximum atomic E-state index is 11.4. The van der Waals surface area contributed by atoms with E-state index in [1.807, 2.05) is 0 Å². The lowest BCUT2D eigenvalue weighted by Gasteiger charge is -2.19. The largest absolute Gasteiger partial charge is 0.328 e. The van der Waals surface area contributed by atoms with Crippen molar-refractivity contribution < 1.29 is 22.8 Å². The molecular weight excluding hydrogens is 224 g/mol. The predicted octanol–water partition coefficient (Wildman–Crippen LogP) is -1.68. The first-order valence-corrected chi connectivity index (χ1v) is 5.58. The van der Waals surface area contributed by atoms with Gasteiger partial charge in [0.1, 0.15) is 0 Å². The molecule has 1 aliphatic heterocycles. The summed E-state index contributed by atoms with van der Waals surface area (Å²) in [5.41, 5.74) is 0. The third-order valence-corrected chi connectivity index (χ3v) is 3.51. The molecule has 4 amide bonds. The molecule has 0 aromatic heterocycles. The van der Waals surface area contributed by atoms with Gasteiger partial charge >= 0.3 is 6.03 Å². The first-order valence-electron chi connectivity index (χ1n) is 3.86. The molecule has 0 spiro atoms. The summed E-state index contributed by atoms with van der Waals surface area (Å²) in [6.45, 7) is 3.20. The first kappa shape index (κ1) is 11.4. The van der Waals surface area contributed by atoms with Crippen molar-refractivity contribution in [3.05, 3.63) is 12.7 Å². The average molecular weight is 232 g/mol. The normalized spacial score (nSPS) is 18.3. The fraction of sp³-hybridized carbons (Fsp3) is 0.286. The van der Waals surface area contributed by atoms with Crippen LogP contribution in [0.1, 0.15) is 0 Å². The number of rotatable bonds is 3. The lowest BCUT2D eigenvalue weighted by Crippen LogP contribution is -2.61. The highest BCUT2D eigenvalue weighted by molar-refractivity contribution is 7.93. The molecule has 1 aliphatic rings. The molecule has 0 saturated carbocycles. The van der Waals surface area contributed by atoms with Crippen LogP contribution in [0.25, 0.3) is 0 Å². The summed E-state index contributed by atoms with van der Waals surface area (Å²) in [4.78, 5) is 32.9. The van der Waals surface area contributed by atoms with Crippen LogP contribution in [-0.2, 0) is 19.4 Å². The van der Waals surface area contributed by atoms with Crippen LogP contribution in [0.2, 0.25) is 0 Å². The number of barbiturate groups is 1. The monoisotopic (exact) mass is 232 g/mol. The molecule has 0 radical (unpaired) electrons. The first-order chi connectivity index (χ1) is 6.88. The molecule has 7 nitrogen and oxygen atoms in total. The summed E-state index contributed by atoms with van der Waals surface area (Å²) in [5, 5.41) is 1.52. The van der Waals surface area contributed by atoms with Gasteiger partial charge in [0, 0.05) is 0 Å². The molecule has 0 aromatic rings. The Morgan fingerprint density at radius 2 is 1.67 bits per heavy atom. The van der Waals surface area contributed by atoms with Gasteiger partial charge in [-0.05, 0) is 0 Å². The van der Waals surface area contributed by atoms with Gasteiger partial charge in [-0.3, -0.25) is 20.2 Å². The summed E-state index contributed by atoms with van der Waals surface area (Å²) in [7, 11) is -3.95. The van der Waals surface area contributed by atoms with Crippen molar-refractivity contribution >= 4 is 27.7 Å². The van der Waals surface area contributed by atoms with Gasteiger partial charge in [0.25, 0.3) is 11.8 Å². The number of carbonyl (C=O) groups excluding carboxylic acids is 3. The zero-order chi connectivity index (χ0) is 11.6. The third kappa shape index (κ3) is 2.21. The summed E-state index contributed by atoms with van der Waals surface area (Å²) in [5.74, 6) is -2.77. The number of nitrogens with one attached hydrogen (secondary N) is 2. The van der Waals surface area contributed by atoms with Crippen molar-refractivity contribution in [2.75, 3.05) is 5.75 Å². The SMILES string of the molecule is C=CCS(=O)(=O)C1C(=O)NC(=O)NC1=O. The fourth-order valence-electron chi connectivity index (χ4n) is 1.09.